The first-order valence-electron chi connectivity index (χ1n) is 25.2. The fourth-order valence-corrected chi connectivity index (χ4v) is 14.6. The lowest BCUT2D eigenvalue weighted by Gasteiger charge is -2.64. The Hall–Kier alpha value is -1.29. The highest BCUT2D eigenvalue weighted by Crippen LogP contribution is 2.74. The third-order valence-corrected chi connectivity index (χ3v) is 19.0. The Morgan fingerprint density at radius 1 is 0.725 bits per heavy atom. The van der Waals surface area contributed by atoms with E-state index in [1.165, 1.54) is 13.8 Å². The SMILES string of the molecule is CO[C@]1(CC[C@@H](C)COC(C)=O)O[C@H]2C[C@@]3(O)[C@@H]4CC[C@H]5C[C@@H](O[C@@H]6O[C@H](CO)[C@@H](O[C@@H]7O[C@H](CO)[C@@H](O)[C@H](O)[C@H]7O)[C@H](O)[C@@H]6O[C@@H]6O[C@@H](C)[C@H](O)[C@@H](O)[C@H]6O)CC[C@]5(C)[C@H]4CC[C@]3(C)[C@@]2(O)[C@@H]1C. The van der Waals surface area contributed by atoms with Gasteiger partial charge in [-0.05, 0) is 87.4 Å². The summed E-state index contributed by atoms with van der Waals surface area (Å²) < 4.78 is 54.5. The summed E-state index contributed by atoms with van der Waals surface area (Å²) in [6, 6.07) is 0. The van der Waals surface area contributed by atoms with Gasteiger partial charge in [-0.2, -0.15) is 0 Å². The van der Waals surface area contributed by atoms with Crippen molar-refractivity contribution < 1.29 is 104 Å². The van der Waals surface area contributed by atoms with Crippen LogP contribution in [-0.4, -0.2) is 210 Å². The van der Waals surface area contributed by atoms with Crippen molar-refractivity contribution in [2.75, 3.05) is 26.9 Å². The average molecular weight is 993 g/mol. The minimum absolute atomic E-state index is 0.0419. The number of hydrogen-bond donors (Lipinski definition) is 11. The number of methoxy groups -OCH3 is 1. The molecule has 4 aliphatic heterocycles. The van der Waals surface area contributed by atoms with E-state index in [1.54, 1.807) is 7.11 Å². The molecule has 69 heavy (non-hydrogen) atoms. The Kier molecular flexibility index (Phi) is 15.7. The summed E-state index contributed by atoms with van der Waals surface area (Å²) in [4.78, 5) is 11.5. The highest BCUT2D eigenvalue weighted by atomic mass is 16.8. The van der Waals surface area contributed by atoms with Crippen LogP contribution < -0.4 is 0 Å². The number of carbonyl (C=O) groups excluding carboxylic acids is 1. The normalized spacial score (nSPS) is 54.5. The van der Waals surface area contributed by atoms with Crippen molar-refractivity contribution in [1.29, 1.82) is 0 Å². The third-order valence-electron chi connectivity index (χ3n) is 19.0. The second kappa shape index (κ2) is 20.1. The van der Waals surface area contributed by atoms with Gasteiger partial charge in [0.2, 0.25) is 0 Å². The molecule has 0 unspecified atom stereocenters. The highest BCUT2D eigenvalue weighted by Gasteiger charge is 2.81. The van der Waals surface area contributed by atoms with Gasteiger partial charge in [0.15, 0.2) is 24.7 Å². The maximum atomic E-state index is 13.2. The van der Waals surface area contributed by atoms with E-state index in [2.05, 4.69) is 6.92 Å². The number of carbonyl (C=O) groups is 1. The van der Waals surface area contributed by atoms with Crippen molar-refractivity contribution in [3.63, 3.8) is 0 Å². The monoisotopic (exact) mass is 993 g/mol. The molecule has 0 radical (unpaired) electrons. The lowest BCUT2D eigenvalue weighted by Crippen LogP contribution is -2.67. The molecule has 8 fully saturated rings. The summed E-state index contributed by atoms with van der Waals surface area (Å²) in [5, 5.41) is 122. The van der Waals surface area contributed by atoms with Crippen LogP contribution in [0.5, 0.6) is 0 Å². The standard InChI is InChI=1S/C48H80O21/c1-21(20-62-24(4)51)10-15-47(61-7)23(3)48(60)31(69-47)17-46(59)28-9-8-25-16-26(11-13-44(25,5)27(28)12-14-45(46,48)6)64-43-40(68-41-36(56)34(54)32(52)22(2)63-41)38(58)39(30(19-50)66-43)67-42-37(57)35(55)33(53)29(18-49)65-42/h21-23,25-43,49-50,52-60H,8-20H2,1-7H3/t21-,22+,23-,25+,26+,27+,28-,29-,30-,31+,32+,33-,34-,35+,36-,37-,38+,39-,40+,41+,42+,43-,44+,45+,46-,47-,48-/m1/s1. The van der Waals surface area contributed by atoms with Gasteiger partial charge in [-0.1, -0.05) is 27.7 Å². The number of ether oxygens (including phenoxy) is 9. The zero-order chi connectivity index (χ0) is 50.3. The quantitative estimate of drug-likeness (QED) is 0.0712. The van der Waals surface area contributed by atoms with Crippen molar-refractivity contribution in [3.8, 4) is 0 Å². The molecule has 0 amide bonds. The largest absolute Gasteiger partial charge is 0.466 e. The van der Waals surface area contributed by atoms with E-state index in [4.69, 9.17) is 42.6 Å². The van der Waals surface area contributed by atoms with Crippen LogP contribution in [-0.2, 0) is 47.4 Å². The van der Waals surface area contributed by atoms with Gasteiger partial charge in [0, 0.05) is 38.2 Å². The summed E-state index contributed by atoms with van der Waals surface area (Å²) in [5.41, 5.74) is -3.74. The molecule has 4 aliphatic carbocycles. The fourth-order valence-electron chi connectivity index (χ4n) is 14.6. The van der Waals surface area contributed by atoms with Gasteiger partial charge in [0.05, 0.1) is 43.7 Å². The molecule has 11 N–H and O–H groups in total. The maximum Gasteiger partial charge on any atom is 0.302 e. The van der Waals surface area contributed by atoms with E-state index >= 15 is 0 Å². The summed E-state index contributed by atoms with van der Waals surface area (Å²) in [6.07, 6.45) is -18.8. The molecule has 8 rings (SSSR count). The van der Waals surface area contributed by atoms with Crippen LogP contribution in [0.15, 0.2) is 0 Å². The maximum absolute atomic E-state index is 13.2. The molecule has 27 atom stereocenters. The van der Waals surface area contributed by atoms with Crippen molar-refractivity contribution in [3.05, 3.63) is 0 Å². The van der Waals surface area contributed by atoms with E-state index in [9.17, 15) is 61.0 Å². The van der Waals surface area contributed by atoms with Crippen LogP contribution >= 0.6 is 0 Å². The Bertz CT molecular complexity index is 1780. The Morgan fingerprint density at radius 2 is 1.36 bits per heavy atom. The van der Waals surface area contributed by atoms with Crippen LogP contribution in [0.4, 0.5) is 0 Å². The molecule has 21 nitrogen and oxygen atoms in total. The smallest absolute Gasteiger partial charge is 0.302 e. The van der Waals surface area contributed by atoms with Gasteiger partial charge in [0.25, 0.3) is 0 Å². The average Bonchev–Trinajstić information content (AvgIpc) is 3.64. The van der Waals surface area contributed by atoms with Crippen molar-refractivity contribution in [2.24, 2.45) is 40.4 Å². The van der Waals surface area contributed by atoms with Gasteiger partial charge in [-0.15, -0.1) is 0 Å². The molecular formula is C48H80O21. The fraction of sp³-hybridized carbons (Fsp3) is 0.979. The second-order valence-corrected chi connectivity index (χ2v) is 22.4. The predicted molar refractivity (Wildman–Crippen MR) is 235 cm³/mol. The highest BCUT2D eigenvalue weighted by molar-refractivity contribution is 5.65. The van der Waals surface area contributed by atoms with Crippen LogP contribution in [0.25, 0.3) is 0 Å². The van der Waals surface area contributed by atoms with Crippen LogP contribution in [0, 0.1) is 40.4 Å². The van der Waals surface area contributed by atoms with Gasteiger partial charge in [-0.3, -0.25) is 4.79 Å². The van der Waals surface area contributed by atoms with Crippen LogP contribution in [0.2, 0.25) is 0 Å². The predicted octanol–water partition coefficient (Wildman–Crippen LogP) is -1.30. The van der Waals surface area contributed by atoms with Crippen molar-refractivity contribution in [1.82, 2.24) is 0 Å². The zero-order valence-corrected chi connectivity index (χ0v) is 40.9. The molecule has 21 heteroatoms. The van der Waals surface area contributed by atoms with Gasteiger partial charge >= 0.3 is 5.97 Å². The van der Waals surface area contributed by atoms with E-state index in [0.717, 1.165) is 12.8 Å². The molecule has 4 saturated carbocycles. The zero-order valence-electron chi connectivity index (χ0n) is 40.9. The van der Waals surface area contributed by atoms with E-state index in [1.807, 2.05) is 20.8 Å². The lowest BCUT2D eigenvalue weighted by molar-refractivity contribution is -0.390. The minimum atomic E-state index is -1.86. The molecule has 0 aromatic rings. The molecule has 0 aromatic heterocycles. The Labute approximate surface area is 403 Å². The van der Waals surface area contributed by atoms with E-state index in [-0.39, 0.29) is 48.1 Å². The second-order valence-electron chi connectivity index (χ2n) is 22.4. The van der Waals surface area contributed by atoms with Gasteiger partial charge in [-0.25, -0.2) is 0 Å². The summed E-state index contributed by atoms with van der Waals surface area (Å²) in [7, 11) is 1.60. The minimum Gasteiger partial charge on any atom is -0.466 e. The third kappa shape index (κ3) is 8.85. The number of aliphatic hydroxyl groups is 11. The molecule has 4 heterocycles. The molecule has 4 saturated heterocycles. The first-order chi connectivity index (χ1) is 32.4. The molecule has 0 bridgehead atoms. The number of hydrogen-bond acceptors (Lipinski definition) is 21. The number of aliphatic hydroxyl groups excluding tert-OH is 9. The van der Waals surface area contributed by atoms with Crippen molar-refractivity contribution >= 4 is 5.97 Å². The van der Waals surface area contributed by atoms with Crippen LogP contribution in [0.1, 0.15) is 106 Å². The molecule has 8 aliphatic rings. The summed E-state index contributed by atoms with van der Waals surface area (Å²) >= 11 is 0. The molecule has 398 valence electrons. The first kappa shape index (κ1) is 54.0. The molecule has 0 aromatic carbocycles. The number of fused-ring (bicyclic) bond motifs is 7. The van der Waals surface area contributed by atoms with Gasteiger partial charge < -0.3 is 98.8 Å². The molecular weight excluding hydrogens is 913 g/mol. The Balaban J connectivity index is 0.976. The lowest BCUT2D eigenvalue weighted by atomic mass is 9.42. The number of rotatable bonds is 14. The van der Waals surface area contributed by atoms with Gasteiger partial charge in [0.1, 0.15) is 72.7 Å². The van der Waals surface area contributed by atoms with Crippen molar-refractivity contribution in [2.45, 2.75) is 227 Å². The Morgan fingerprint density at radius 3 is 2.01 bits per heavy atom. The number of esters is 1. The topological polar surface area (TPSA) is 323 Å². The van der Waals surface area contributed by atoms with E-state index in [0.29, 0.717) is 44.9 Å². The molecule has 0 spiro atoms. The summed E-state index contributed by atoms with van der Waals surface area (Å²) in [5.74, 6) is -1.75. The summed E-state index contributed by atoms with van der Waals surface area (Å²) in [6.45, 7) is 9.88. The van der Waals surface area contributed by atoms with E-state index < -0.39 is 146 Å². The van der Waals surface area contributed by atoms with Crippen LogP contribution in [0.3, 0.4) is 0 Å². The first-order valence-corrected chi connectivity index (χ1v) is 25.2.